The summed E-state index contributed by atoms with van der Waals surface area (Å²) < 4.78 is 22.3. The lowest BCUT2D eigenvalue weighted by Gasteiger charge is -2.25. The standard InChI is InChI=1S/C28H18O9/c1-34-21-7-6-13(8-17(21)29)22-10-18(30)26-19(31)11-23-25(28(26)37-22)15(9-24(32)36-23)16-12-35-20-5-3-2-4-14(20)27(16)33/h2-8,10-12,15,29,31H,9H2,1H3/t15-/m1/s1. The number of carbonyl (C=O) groups excluding carboxylic acids is 1. The summed E-state index contributed by atoms with van der Waals surface area (Å²) in [5, 5.41) is 21.1. The Labute approximate surface area is 207 Å². The quantitative estimate of drug-likeness (QED) is 0.273. The van der Waals surface area contributed by atoms with E-state index in [0.717, 1.165) is 0 Å². The van der Waals surface area contributed by atoms with Gasteiger partial charge in [-0.1, -0.05) is 12.1 Å². The third-order valence-corrected chi connectivity index (χ3v) is 6.47. The SMILES string of the molecule is COc1ccc(-c2cc(=O)c3c(O)cc4c(c3o2)[C@@H](c2coc3ccccc3c2=O)CC(=O)O4)cc1O. The van der Waals surface area contributed by atoms with E-state index in [-0.39, 0.29) is 57.0 Å². The number of carbonyl (C=O) groups is 1. The molecule has 184 valence electrons. The summed E-state index contributed by atoms with van der Waals surface area (Å²) in [6.45, 7) is 0. The molecular formula is C28H18O9. The van der Waals surface area contributed by atoms with Crippen molar-refractivity contribution in [3.63, 3.8) is 0 Å². The zero-order chi connectivity index (χ0) is 25.8. The van der Waals surface area contributed by atoms with Crippen LogP contribution in [0.4, 0.5) is 0 Å². The Morgan fingerprint density at radius 3 is 2.57 bits per heavy atom. The van der Waals surface area contributed by atoms with Gasteiger partial charge in [-0.25, -0.2) is 0 Å². The van der Waals surface area contributed by atoms with Crippen molar-refractivity contribution in [1.29, 1.82) is 0 Å². The van der Waals surface area contributed by atoms with Crippen LogP contribution in [-0.2, 0) is 4.79 Å². The second kappa shape index (κ2) is 8.27. The molecule has 1 aliphatic rings. The van der Waals surface area contributed by atoms with Gasteiger partial charge in [0.1, 0.15) is 33.8 Å². The van der Waals surface area contributed by atoms with Crippen LogP contribution < -0.4 is 20.3 Å². The average molecular weight is 498 g/mol. The fourth-order valence-corrected chi connectivity index (χ4v) is 4.74. The van der Waals surface area contributed by atoms with Gasteiger partial charge < -0.3 is 28.5 Å². The molecular weight excluding hydrogens is 480 g/mol. The maximum Gasteiger partial charge on any atom is 0.312 e. The van der Waals surface area contributed by atoms with Crippen molar-refractivity contribution < 1.29 is 33.3 Å². The molecule has 0 aliphatic carbocycles. The summed E-state index contributed by atoms with van der Waals surface area (Å²) in [5.41, 5.74) is 0.242. The van der Waals surface area contributed by atoms with Gasteiger partial charge in [-0.15, -0.1) is 0 Å². The van der Waals surface area contributed by atoms with Gasteiger partial charge in [0.15, 0.2) is 22.4 Å². The molecule has 3 heterocycles. The molecule has 9 nitrogen and oxygen atoms in total. The van der Waals surface area contributed by atoms with Crippen LogP contribution in [0.15, 0.2) is 79.3 Å². The lowest BCUT2D eigenvalue weighted by atomic mass is 9.85. The number of para-hydroxylation sites is 1. The van der Waals surface area contributed by atoms with E-state index in [1.807, 2.05) is 0 Å². The van der Waals surface area contributed by atoms with Gasteiger partial charge in [0.05, 0.1) is 25.2 Å². The Morgan fingerprint density at radius 2 is 1.78 bits per heavy atom. The molecule has 2 aromatic heterocycles. The number of rotatable bonds is 3. The number of aromatic hydroxyl groups is 2. The second-order valence-electron chi connectivity index (χ2n) is 8.62. The van der Waals surface area contributed by atoms with E-state index >= 15 is 0 Å². The van der Waals surface area contributed by atoms with E-state index < -0.39 is 23.1 Å². The number of hydrogen-bond donors (Lipinski definition) is 2. The molecule has 0 saturated carbocycles. The first-order valence-corrected chi connectivity index (χ1v) is 11.3. The topological polar surface area (TPSA) is 136 Å². The normalized spacial score (nSPS) is 14.9. The summed E-state index contributed by atoms with van der Waals surface area (Å²) >= 11 is 0. The summed E-state index contributed by atoms with van der Waals surface area (Å²) in [4.78, 5) is 39.1. The van der Waals surface area contributed by atoms with Gasteiger partial charge in [0, 0.05) is 34.7 Å². The highest BCUT2D eigenvalue weighted by atomic mass is 16.5. The molecule has 3 aromatic carbocycles. The number of ether oxygens (including phenoxy) is 2. The van der Waals surface area contributed by atoms with Crippen LogP contribution in [0.1, 0.15) is 23.5 Å². The number of hydrogen-bond acceptors (Lipinski definition) is 9. The largest absolute Gasteiger partial charge is 0.507 e. The molecule has 9 heteroatoms. The molecule has 5 aromatic rings. The van der Waals surface area contributed by atoms with Crippen LogP contribution in [-0.4, -0.2) is 23.3 Å². The van der Waals surface area contributed by atoms with Gasteiger partial charge in [-0.05, 0) is 30.3 Å². The van der Waals surface area contributed by atoms with E-state index in [9.17, 15) is 24.6 Å². The Hall–Kier alpha value is -5.05. The molecule has 0 radical (unpaired) electrons. The Bertz CT molecular complexity index is 1860. The zero-order valence-electron chi connectivity index (χ0n) is 19.3. The maximum absolute atomic E-state index is 13.4. The van der Waals surface area contributed by atoms with Crippen LogP contribution in [0.2, 0.25) is 0 Å². The minimum Gasteiger partial charge on any atom is -0.507 e. The molecule has 1 aliphatic heterocycles. The first-order valence-electron chi connectivity index (χ1n) is 11.3. The molecule has 1 atom stereocenters. The van der Waals surface area contributed by atoms with Crippen LogP contribution in [0.5, 0.6) is 23.0 Å². The van der Waals surface area contributed by atoms with Crippen molar-refractivity contribution in [3.05, 3.63) is 92.4 Å². The number of benzene rings is 3. The Balaban J connectivity index is 1.64. The van der Waals surface area contributed by atoms with E-state index in [1.165, 1.54) is 37.6 Å². The van der Waals surface area contributed by atoms with Crippen LogP contribution >= 0.6 is 0 Å². The highest BCUT2D eigenvalue weighted by molar-refractivity contribution is 5.93. The third-order valence-electron chi connectivity index (χ3n) is 6.47. The molecule has 0 bridgehead atoms. The lowest BCUT2D eigenvalue weighted by Crippen LogP contribution is -2.25. The fraction of sp³-hybridized carbons (Fsp3) is 0.107. The molecule has 0 fully saturated rings. The van der Waals surface area contributed by atoms with Crippen LogP contribution in [0.3, 0.4) is 0 Å². The number of esters is 1. The Morgan fingerprint density at radius 1 is 0.973 bits per heavy atom. The van der Waals surface area contributed by atoms with Crippen LogP contribution in [0, 0.1) is 0 Å². The van der Waals surface area contributed by atoms with Crippen molar-refractivity contribution >= 4 is 27.9 Å². The highest BCUT2D eigenvalue weighted by Crippen LogP contribution is 2.45. The molecule has 0 unspecified atom stereocenters. The van der Waals surface area contributed by atoms with Gasteiger partial charge >= 0.3 is 5.97 Å². The monoisotopic (exact) mass is 498 g/mol. The fourth-order valence-electron chi connectivity index (χ4n) is 4.74. The van der Waals surface area contributed by atoms with Gasteiger partial charge in [0.25, 0.3) is 0 Å². The maximum atomic E-state index is 13.4. The summed E-state index contributed by atoms with van der Waals surface area (Å²) in [7, 11) is 1.41. The van der Waals surface area contributed by atoms with Gasteiger partial charge in [0.2, 0.25) is 0 Å². The molecule has 0 saturated heterocycles. The molecule has 37 heavy (non-hydrogen) atoms. The van der Waals surface area contributed by atoms with Crippen molar-refractivity contribution in [2.24, 2.45) is 0 Å². The third kappa shape index (κ3) is 3.51. The van der Waals surface area contributed by atoms with E-state index in [0.29, 0.717) is 16.5 Å². The molecule has 6 rings (SSSR count). The van der Waals surface area contributed by atoms with Crippen molar-refractivity contribution in [2.75, 3.05) is 7.11 Å². The predicted molar refractivity (Wildman–Crippen MR) is 132 cm³/mol. The number of phenols is 2. The minimum absolute atomic E-state index is 0.0308. The van der Waals surface area contributed by atoms with E-state index in [1.54, 1.807) is 30.3 Å². The van der Waals surface area contributed by atoms with Crippen molar-refractivity contribution in [1.82, 2.24) is 0 Å². The van der Waals surface area contributed by atoms with Gasteiger partial charge in [-0.3, -0.25) is 14.4 Å². The number of phenolic OH excluding ortho intramolecular Hbond substituents is 2. The van der Waals surface area contributed by atoms with Crippen LogP contribution in [0.25, 0.3) is 33.3 Å². The number of fused-ring (bicyclic) bond motifs is 4. The average Bonchev–Trinajstić information content (AvgIpc) is 2.88. The lowest BCUT2D eigenvalue weighted by molar-refractivity contribution is -0.135. The van der Waals surface area contributed by atoms with Gasteiger partial charge in [-0.2, -0.15) is 0 Å². The minimum atomic E-state index is -0.872. The van der Waals surface area contributed by atoms with Crippen molar-refractivity contribution in [2.45, 2.75) is 12.3 Å². The smallest absolute Gasteiger partial charge is 0.312 e. The number of methoxy groups -OCH3 is 1. The highest BCUT2D eigenvalue weighted by Gasteiger charge is 2.35. The summed E-state index contributed by atoms with van der Waals surface area (Å²) in [5.74, 6) is -1.81. The summed E-state index contributed by atoms with van der Waals surface area (Å²) in [6.07, 6.45) is 1.08. The summed E-state index contributed by atoms with van der Waals surface area (Å²) in [6, 6.07) is 13.5. The first kappa shape index (κ1) is 22.4. The van der Waals surface area contributed by atoms with E-state index in [2.05, 4.69) is 0 Å². The predicted octanol–water partition coefficient (Wildman–Crippen LogP) is 4.43. The van der Waals surface area contributed by atoms with E-state index in [4.69, 9.17) is 18.3 Å². The molecule has 2 N–H and O–H groups in total. The second-order valence-corrected chi connectivity index (χ2v) is 8.62. The molecule has 0 spiro atoms. The molecule has 0 amide bonds. The first-order chi connectivity index (χ1) is 17.9. The Kier molecular flexibility index (Phi) is 5.01. The zero-order valence-corrected chi connectivity index (χ0v) is 19.3. The van der Waals surface area contributed by atoms with Crippen molar-refractivity contribution in [3.8, 4) is 34.3 Å².